The average molecular weight is 354 g/mol. The topological polar surface area (TPSA) is 67.4 Å². The third-order valence-corrected chi connectivity index (χ3v) is 3.93. The Kier molecular flexibility index (Phi) is 7.68. The first-order valence-electron chi connectivity index (χ1n) is 9.05. The molecule has 0 aromatic heterocycles. The predicted molar refractivity (Wildman–Crippen MR) is 103 cm³/mol. The zero-order chi connectivity index (χ0) is 18.8. The highest BCUT2D eigenvalue weighted by Gasteiger charge is 2.20. The lowest BCUT2D eigenvalue weighted by Crippen LogP contribution is -2.33. The smallest absolute Gasteiger partial charge is 0.265 e. The fourth-order valence-electron chi connectivity index (χ4n) is 2.46. The summed E-state index contributed by atoms with van der Waals surface area (Å²) in [6.07, 6.45) is 1.82. The molecule has 5 nitrogen and oxygen atoms in total. The van der Waals surface area contributed by atoms with Crippen LogP contribution in [0, 0.1) is 0 Å². The summed E-state index contributed by atoms with van der Waals surface area (Å²) in [5, 5.41) is 5.70. The van der Waals surface area contributed by atoms with Gasteiger partial charge in [-0.05, 0) is 37.1 Å². The molecule has 0 aliphatic carbocycles. The zero-order valence-corrected chi connectivity index (χ0v) is 15.3. The lowest BCUT2D eigenvalue weighted by atomic mass is 10.1. The van der Waals surface area contributed by atoms with Gasteiger partial charge < -0.3 is 15.4 Å². The molecule has 0 unspecified atom stereocenters. The third kappa shape index (κ3) is 5.62. The first-order chi connectivity index (χ1) is 12.7. The summed E-state index contributed by atoms with van der Waals surface area (Å²) in [6, 6.07) is 16.2. The van der Waals surface area contributed by atoms with Crippen molar-refractivity contribution in [2.75, 3.05) is 11.9 Å². The van der Waals surface area contributed by atoms with Gasteiger partial charge in [-0.1, -0.05) is 50.6 Å². The molecule has 0 spiro atoms. The molecule has 2 rings (SSSR count). The van der Waals surface area contributed by atoms with Crippen LogP contribution in [-0.4, -0.2) is 24.5 Å². The number of nitrogens with one attached hydrogen (secondary N) is 2. The molecule has 2 amide bonds. The first-order valence-corrected chi connectivity index (χ1v) is 9.05. The minimum Gasteiger partial charge on any atom is -0.481 e. The van der Waals surface area contributed by atoms with E-state index in [1.54, 1.807) is 24.3 Å². The van der Waals surface area contributed by atoms with Crippen molar-refractivity contribution in [1.29, 1.82) is 0 Å². The number of unbranched alkanes of at least 4 members (excludes halogenated alkanes) is 1. The summed E-state index contributed by atoms with van der Waals surface area (Å²) in [4.78, 5) is 25.0. The fourth-order valence-corrected chi connectivity index (χ4v) is 2.46. The standard InChI is InChI=1S/C21H26N2O3/c1-3-5-15-22-20(24)17-13-9-10-14-18(17)23-21(25)19(4-2)26-16-11-7-6-8-12-16/h6-14,19H,3-5,15H2,1-2H3,(H,22,24)(H,23,25)/t19-/m0/s1. The Labute approximate surface area is 154 Å². The van der Waals surface area contributed by atoms with Gasteiger partial charge in [0, 0.05) is 6.54 Å². The Hall–Kier alpha value is -2.82. The highest BCUT2D eigenvalue weighted by molar-refractivity contribution is 6.04. The van der Waals surface area contributed by atoms with E-state index in [-0.39, 0.29) is 11.8 Å². The van der Waals surface area contributed by atoms with Crippen molar-refractivity contribution in [3.63, 3.8) is 0 Å². The Morgan fingerprint density at radius 2 is 1.69 bits per heavy atom. The van der Waals surface area contributed by atoms with E-state index >= 15 is 0 Å². The molecule has 0 radical (unpaired) electrons. The van der Waals surface area contributed by atoms with Gasteiger partial charge in [-0.15, -0.1) is 0 Å². The normalized spacial score (nSPS) is 11.5. The van der Waals surface area contributed by atoms with Crippen molar-refractivity contribution in [3.8, 4) is 5.75 Å². The lowest BCUT2D eigenvalue weighted by Gasteiger charge is -2.18. The molecule has 0 saturated carbocycles. The van der Waals surface area contributed by atoms with Gasteiger partial charge in [-0.2, -0.15) is 0 Å². The highest BCUT2D eigenvalue weighted by Crippen LogP contribution is 2.18. The fraction of sp³-hybridized carbons (Fsp3) is 0.333. The van der Waals surface area contributed by atoms with E-state index in [9.17, 15) is 9.59 Å². The average Bonchev–Trinajstić information content (AvgIpc) is 2.67. The molecule has 2 aromatic rings. The van der Waals surface area contributed by atoms with Crippen molar-refractivity contribution in [3.05, 3.63) is 60.2 Å². The lowest BCUT2D eigenvalue weighted by molar-refractivity contribution is -0.122. The van der Waals surface area contributed by atoms with Gasteiger partial charge in [0.05, 0.1) is 11.3 Å². The van der Waals surface area contributed by atoms with E-state index in [2.05, 4.69) is 17.6 Å². The molecular weight excluding hydrogens is 328 g/mol. The van der Waals surface area contributed by atoms with Crippen LogP contribution in [0.5, 0.6) is 5.75 Å². The van der Waals surface area contributed by atoms with E-state index < -0.39 is 6.10 Å². The molecule has 0 aliphatic heterocycles. The third-order valence-electron chi connectivity index (χ3n) is 3.93. The zero-order valence-electron chi connectivity index (χ0n) is 15.3. The number of hydrogen-bond acceptors (Lipinski definition) is 3. The van der Waals surface area contributed by atoms with Crippen LogP contribution in [0.3, 0.4) is 0 Å². The number of amides is 2. The highest BCUT2D eigenvalue weighted by atomic mass is 16.5. The number of para-hydroxylation sites is 2. The van der Waals surface area contributed by atoms with E-state index in [0.717, 1.165) is 12.8 Å². The summed E-state index contributed by atoms with van der Waals surface area (Å²) in [5.74, 6) is 0.177. The van der Waals surface area contributed by atoms with Crippen LogP contribution in [0.15, 0.2) is 54.6 Å². The SMILES string of the molecule is CCCCNC(=O)c1ccccc1NC(=O)[C@H](CC)Oc1ccccc1. The Balaban J connectivity index is 2.06. The van der Waals surface area contributed by atoms with E-state index in [1.165, 1.54) is 0 Å². The number of carbonyl (C=O) groups excluding carboxylic acids is 2. The largest absolute Gasteiger partial charge is 0.481 e. The van der Waals surface area contributed by atoms with Gasteiger partial charge in [0.1, 0.15) is 5.75 Å². The van der Waals surface area contributed by atoms with Crippen LogP contribution in [-0.2, 0) is 4.79 Å². The molecule has 0 fully saturated rings. The quantitative estimate of drug-likeness (QED) is 0.669. The van der Waals surface area contributed by atoms with E-state index in [0.29, 0.717) is 30.0 Å². The number of benzene rings is 2. The van der Waals surface area contributed by atoms with Gasteiger partial charge >= 0.3 is 0 Å². The first kappa shape index (κ1) is 19.5. The second-order valence-corrected chi connectivity index (χ2v) is 5.97. The minimum atomic E-state index is -0.631. The number of anilines is 1. The molecule has 2 N–H and O–H groups in total. The van der Waals surface area contributed by atoms with Crippen molar-refractivity contribution in [2.24, 2.45) is 0 Å². The summed E-state index contributed by atoms with van der Waals surface area (Å²) in [7, 11) is 0. The maximum atomic E-state index is 12.6. The van der Waals surface area contributed by atoms with Crippen LogP contribution in [0.1, 0.15) is 43.5 Å². The van der Waals surface area contributed by atoms with Crippen molar-refractivity contribution in [2.45, 2.75) is 39.2 Å². The molecular formula is C21H26N2O3. The van der Waals surface area contributed by atoms with Crippen LogP contribution in [0.4, 0.5) is 5.69 Å². The van der Waals surface area contributed by atoms with Crippen molar-refractivity contribution < 1.29 is 14.3 Å². The summed E-state index contributed by atoms with van der Waals surface area (Å²) >= 11 is 0. The molecule has 26 heavy (non-hydrogen) atoms. The van der Waals surface area contributed by atoms with Crippen molar-refractivity contribution in [1.82, 2.24) is 5.32 Å². The van der Waals surface area contributed by atoms with E-state index in [1.807, 2.05) is 37.3 Å². The second-order valence-electron chi connectivity index (χ2n) is 5.97. The van der Waals surface area contributed by atoms with Gasteiger partial charge in [0.25, 0.3) is 11.8 Å². The monoisotopic (exact) mass is 354 g/mol. The summed E-state index contributed by atoms with van der Waals surface area (Å²) < 4.78 is 5.76. The second kappa shape index (κ2) is 10.2. The summed E-state index contributed by atoms with van der Waals surface area (Å²) in [5.41, 5.74) is 0.938. The van der Waals surface area contributed by atoms with Crippen LogP contribution < -0.4 is 15.4 Å². The maximum absolute atomic E-state index is 12.6. The van der Waals surface area contributed by atoms with E-state index in [4.69, 9.17) is 4.74 Å². The van der Waals surface area contributed by atoms with Crippen LogP contribution >= 0.6 is 0 Å². The Morgan fingerprint density at radius 1 is 1.00 bits per heavy atom. The molecule has 1 atom stereocenters. The molecule has 0 bridgehead atoms. The molecule has 0 saturated heterocycles. The maximum Gasteiger partial charge on any atom is 0.265 e. The van der Waals surface area contributed by atoms with Gasteiger partial charge in [-0.25, -0.2) is 0 Å². The number of carbonyl (C=O) groups is 2. The predicted octanol–water partition coefficient (Wildman–Crippen LogP) is 4.01. The molecule has 0 aliphatic rings. The molecule has 138 valence electrons. The van der Waals surface area contributed by atoms with Crippen LogP contribution in [0.2, 0.25) is 0 Å². The van der Waals surface area contributed by atoms with Crippen molar-refractivity contribution >= 4 is 17.5 Å². The summed E-state index contributed by atoms with van der Waals surface area (Å²) in [6.45, 7) is 4.57. The minimum absolute atomic E-state index is 0.189. The number of rotatable bonds is 9. The Morgan fingerprint density at radius 3 is 2.38 bits per heavy atom. The Bertz CT molecular complexity index is 716. The number of hydrogen-bond donors (Lipinski definition) is 2. The van der Waals surface area contributed by atoms with Crippen LogP contribution in [0.25, 0.3) is 0 Å². The number of ether oxygens (including phenoxy) is 1. The molecule has 0 heterocycles. The van der Waals surface area contributed by atoms with Gasteiger partial charge in [0.15, 0.2) is 6.10 Å². The molecule has 5 heteroatoms. The molecule has 2 aromatic carbocycles. The van der Waals surface area contributed by atoms with Gasteiger partial charge in [-0.3, -0.25) is 9.59 Å². The van der Waals surface area contributed by atoms with Gasteiger partial charge in [0.2, 0.25) is 0 Å².